The highest BCUT2D eigenvalue weighted by molar-refractivity contribution is 6.00. The number of ether oxygens (including phenoxy) is 1. The summed E-state index contributed by atoms with van der Waals surface area (Å²) in [5.41, 5.74) is 0.908. The normalized spacial score (nSPS) is 23.9. The Morgan fingerprint density at radius 3 is 2.19 bits per heavy atom. The first kappa shape index (κ1) is 28.7. The maximum atomic E-state index is 13.8. The van der Waals surface area contributed by atoms with Crippen LogP contribution >= 0.6 is 0 Å². The highest BCUT2D eigenvalue weighted by Gasteiger charge is 2.59. The predicted molar refractivity (Wildman–Crippen MR) is 158 cm³/mol. The molecule has 4 fully saturated rings. The molecule has 6 rings (SSSR count). The fraction of sp³-hybridized carbons (Fsp3) is 0.545. The molecule has 42 heavy (non-hydrogen) atoms. The van der Waals surface area contributed by atoms with Crippen LogP contribution in [0.2, 0.25) is 0 Å². The van der Waals surface area contributed by atoms with Crippen LogP contribution in [0.5, 0.6) is 11.5 Å². The van der Waals surface area contributed by atoms with E-state index in [-0.39, 0.29) is 29.7 Å². The minimum Gasteiger partial charge on any atom is -0.457 e. The van der Waals surface area contributed by atoms with Crippen molar-refractivity contribution in [1.82, 2.24) is 20.4 Å². The minimum absolute atomic E-state index is 0.0799. The molecular weight excluding hydrogens is 532 g/mol. The van der Waals surface area contributed by atoms with Gasteiger partial charge in [0.15, 0.2) is 0 Å². The zero-order valence-corrected chi connectivity index (χ0v) is 24.4. The van der Waals surface area contributed by atoms with E-state index in [2.05, 4.69) is 15.5 Å². The van der Waals surface area contributed by atoms with Crippen molar-refractivity contribution >= 4 is 17.7 Å². The highest BCUT2D eigenvalue weighted by atomic mass is 16.5. The number of piperazine rings is 1. The van der Waals surface area contributed by atoms with Crippen molar-refractivity contribution in [3.63, 3.8) is 0 Å². The topological polar surface area (TPSA) is 111 Å². The number of likely N-dealkylation sites (tertiary alicyclic amines) is 1. The summed E-state index contributed by atoms with van der Waals surface area (Å²) in [7, 11) is 1.60. The number of rotatable bonds is 8. The standard InChI is InChI=1S/C33H42N4O5/c1-34-30(39)24-9-15-27(16-10-24)42-26-13-7-22(8-14-26)21-36-19-17-33(18-20-36)32(41)35-28(31(40)37(33)25-11-12-25)29(38)23-5-3-2-4-6-23/h7-10,13-16,23,25,28-29,38H,2-6,11-12,17-21H2,1H3,(H,34,39)(H,35,41)/t28-,29-/m1/s1. The molecule has 0 bridgehead atoms. The molecule has 0 aromatic heterocycles. The van der Waals surface area contributed by atoms with E-state index in [1.807, 2.05) is 29.2 Å². The van der Waals surface area contributed by atoms with Gasteiger partial charge in [0.25, 0.3) is 5.91 Å². The summed E-state index contributed by atoms with van der Waals surface area (Å²) in [5.74, 6) is 1.15. The molecule has 0 radical (unpaired) electrons. The maximum Gasteiger partial charge on any atom is 0.251 e. The Hall–Kier alpha value is -3.43. The van der Waals surface area contributed by atoms with Gasteiger partial charge >= 0.3 is 0 Å². The second-order valence-corrected chi connectivity index (χ2v) is 12.4. The number of nitrogens with zero attached hydrogens (tertiary/aromatic N) is 2. The number of carbonyl (C=O) groups excluding carboxylic acids is 3. The van der Waals surface area contributed by atoms with Gasteiger partial charge in [-0.05, 0) is 86.4 Å². The molecule has 9 nitrogen and oxygen atoms in total. The summed E-state index contributed by atoms with van der Waals surface area (Å²) < 4.78 is 5.95. The molecule has 4 aliphatic rings. The van der Waals surface area contributed by atoms with E-state index in [1.165, 1.54) is 6.42 Å². The Morgan fingerprint density at radius 2 is 1.60 bits per heavy atom. The van der Waals surface area contributed by atoms with Crippen LogP contribution in [0.25, 0.3) is 0 Å². The van der Waals surface area contributed by atoms with Crippen LogP contribution in [0.1, 0.15) is 73.7 Å². The molecule has 224 valence electrons. The van der Waals surface area contributed by atoms with Crippen LogP contribution in [0, 0.1) is 5.92 Å². The minimum atomic E-state index is -0.820. The monoisotopic (exact) mass is 574 g/mol. The van der Waals surface area contributed by atoms with Crippen molar-refractivity contribution in [3.05, 3.63) is 59.7 Å². The Kier molecular flexibility index (Phi) is 8.23. The molecule has 2 heterocycles. The van der Waals surface area contributed by atoms with Gasteiger partial charge in [-0.3, -0.25) is 19.3 Å². The Morgan fingerprint density at radius 1 is 0.976 bits per heavy atom. The Balaban J connectivity index is 1.06. The molecule has 0 unspecified atom stereocenters. The van der Waals surface area contributed by atoms with Crippen molar-refractivity contribution in [2.75, 3.05) is 20.1 Å². The third-order valence-corrected chi connectivity index (χ3v) is 9.65. The van der Waals surface area contributed by atoms with Gasteiger partial charge in [0, 0.05) is 38.3 Å². The van der Waals surface area contributed by atoms with Crippen molar-refractivity contribution in [3.8, 4) is 11.5 Å². The molecule has 2 atom stereocenters. The first-order chi connectivity index (χ1) is 20.4. The summed E-state index contributed by atoms with van der Waals surface area (Å²) in [6.07, 6.45) is 7.42. The molecule has 2 saturated carbocycles. The lowest BCUT2D eigenvalue weighted by molar-refractivity contribution is -0.166. The number of hydrogen-bond acceptors (Lipinski definition) is 6. The Labute approximate surface area is 247 Å². The van der Waals surface area contributed by atoms with Crippen molar-refractivity contribution in [2.24, 2.45) is 5.92 Å². The molecular formula is C33H42N4O5. The van der Waals surface area contributed by atoms with Crippen LogP contribution in [-0.2, 0) is 16.1 Å². The summed E-state index contributed by atoms with van der Waals surface area (Å²) in [4.78, 5) is 43.5. The zero-order valence-electron chi connectivity index (χ0n) is 24.4. The Bertz CT molecular complexity index is 1280. The van der Waals surface area contributed by atoms with Crippen LogP contribution in [0.3, 0.4) is 0 Å². The number of benzene rings is 2. The summed E-state index contributed by atoms with van der Waals surface area (Å²) in [6, 6.07) is 14.3. The average molecular weight is 575 g/mol. The fourth-order valence-electron chi connectivity index (χ4n) is 7.07. The van der Waals surface area contributed by atoms with E-state index < -0.39 is 17.7 Å². The third-order valence-electron chi connectivity index (χ3n) is 9.65. The lowest BCUT2D eigenvalue weighted by Gasteiger charge is -2.53. The van der Waals surface area contributed by atoms with Crippen molar-refractivity contribution < 1.29 is 24.2 Å². The molecule has 2 aliphatic carbocycles. The summed E-state index contributed by atoms with van der Waals surface area (Å²) in [5, 5.41) is 16.8. The third kappa shape index (κ3) is 5.77. The molecule has 2 aromatic carbocycles. The van der Waals surface area contributed by atoms with E-state index in [0.717, 1.165) is 63.7 Å². The van der Waals surface area contributed by atoms with Crippen LogP contribution in [0.4, 0.5) is 0 Å². The number of aliphatic hydroxyl groups is 1. The van der Waals surface area contributed by atoms with Gasteiger partial charge in [-0.2, -0.15) is 0 Å². The van der Waals surface area contributed by atoms with E-state index in [0.29, 0.717) is 29.9 Å². The number of nitrogens with one attached hydrogen (secondary N) is 2. The second-order valence-electron chi connectivity index (χ2n) is 12.4. The van der Waals surface area contributed by atoms with Gasteiger partial charge in [-0.25, -0.2) is 0 Å². The molecule has 1 spiro atoms. The van der Waals surface area contributed by atoms with E-state index >= 15 is 0 Å². The zero-order chi connectivity index (χ0) is 29.3. The largest absolute Gasteiger partial charge is 0.457 e. The quantitative estimate of drug-likeness (QED) is 0.444. The summed E-state index contributed by atoms with van der Waals surface area (Å²) in [6.45, 7) is 2.19. The first-order valence-electron chi connectivity index (χ1n) is 15.5. The first-order valence-corrected chi connectivity index (χ1v) is 15.5. The van der Waals surface area contributed by atoms with Crippen molar-refractivity contribution in [1.29, 1.82) is 0 Å². The molecule has 2 aliphatic heterocycles. The molecule has 2 aromatic rings. The smallest absolute Gasteiger partial charge is 0.251 e. The molecule has 3 N–H and O–H groups in total. The fourth-order valence-corrected chi connectivity index (χ4v) is 7.07. The number of amides is 3. The average Bonchev–Trinajstić information content (AvgIpc) is 3.86. The molecule has 3 amide bonds. The number of aliphatic hydroxyl groups excluding tert-OH is 1. The van der Waals surface area contributed by atoms with Gasteiger partial charge in [0.1, 0.15) is 23.1 Å². The van der Waals surface area contributed by atoms with E-state index in [1.54, 1.807) is 31.3 Å². The van der Waals surface area contributed by atoms with Crippen molar-refractivity contribution in [2.45, 2.75) is 88.1 Å². The van der Waals surface area contributed by atoms with Gasteiger partial charge in [0.05, 0.1) is 6.10 Å². The number of hydrogen-bond donors (Lipinski definition) is 3. The lowest BCUT2D eigenvalue weighted by Crippen LogP contribution is -2.75. The highest BCUT2D eigenvalue weighted by Crippen LogP contribution is 2.42. The molecule has 9 heteroatoms. The van der Waals surface area contributed by atoms with E-state index in [4.69, 9.17) is 4.74 Å². The second kappa shape index (κ2) is 12.1. The predicted octanol–water partition coefficient (Wildman–Crippen LogP) is 3.60. The number of piperidine rings is 1. The van der Waals surface area contributed by atoms with Crippen LogP contribution in [0.15, 0.2) is 48.5 Å². The maximum absolute atomic E-state index is 13.8. The van der Waals surface area contributed by atoms with Gasteiger partial charge in [-0.15, -0.1) is 0 Å². The summed E-state index contributed by atoms with van der Waals surface area (Å²) >= 11 is 0. The molecule has 2 saturated heterocycles. The van der Waals surface area contributed by atoms with Gasteiger partial charge in [0.2, 0.25) is 11.8 Å². The van der Waals surface area contributed by atoms with Gasteiger partial charge in [-0.1, -0.05) is 31.4 Å². The SMILES string of the molecule is CNC(=O)c1ccc(Oc2ccc(CN3CCC4(CC3)C(=O)N[C@H]([C@H](O)C3CCCCC3)C(=O)N4C3CC3)cc2)cc1. The van der Waals surface area contributed by atoms with E-state index in [9.17, 15) is 19.5 Å². The number of carbonyl (C=O) groups is 3. The van der Waals surface area contributed by atoms with Crippen LogP contribution in [-0.4, -0.2) is 76.5 Å². The lowest BCUT2D eigenvalue weighted by atomic mass is 9.78. The van der Waals surface area contributed by atoms with Gasteiger partial charge < -0.3 is 25.4 Å². The van der Waals surface area contributed by atoms with Crippen LogP contribution < -0.4 is 15.4 Å².